The Hall–Kier alpha value is -1.70. The Kier molecular flexibility index (Phi) is 5.50. The van der Waals surface area contributed by atoms with Crippen LogP contribution in [0, 0.1) is 13.8 Å². The molecule has 0 radical (unpaired) electrons. The molecule has 0 spiro atoms. The van der Waals surface area contributed by atoms with Gasteiger partial charge in [-0.15, -0.1) is 0 Å². The number of aryl methyl sites for hydroxylation is 2. The van der Waals surface area contributed by atoms with Crippen LogP contribution in [0.1, 0.15) is 34.3 Å². The van der Waals surface area contributed by atoms with Crippen LogP contribution in [0.4, 0.5) is 5.69 Å². The summed E-state index contributed by atoms with van der Waals surface area (Å²) in [5, 5.41) is 2.85. The fraction of sp³-hybridized carbons (Fsp3) is 0.316. The molecule has 0 aliphatic carbocycles. The molecule has 1 amide bonds. The van der Waals surface area contributed by atoms with Crippen molar-refractivity contribution in [2.24, 2.45) is 0 Å². The Morgan fingerprint density at radius 3 is 2.27 bits per heavy atom. The van der Waals surface area contributed by atoms with Crippen LogP contribution in [-0.4, -0.2) is 31.7 Å². The molecule has 1 fully saturated rings. The number of amides is 1. The van der Waals surface area contributed by atoms with E-state index in [4.69, 9.17) is 0 Å². The molecule has 2 aromatic carbocycles. The lowest BCUT2D eigenvalue weighted by molar-refractivity contribution is 0.102. The number of hydrogen-bond acceptors (Lipinski definition) is 3. The molecule has 0 bridgehead atoms. The Morgan fingerprint density at radius 1 is 1.04 bits per heavy atom. The number of sulfonamides is 1. The highest BCUT2D eigenvalue weighted by atomic mass is 79.9. The average Bonchev–Trinajstić information content (AvgIpc) is 3.09. The van der Waals surface area contributed by atoms with Gasteiger partial charge >= 0.3 is 0 Å². The van der Waals surface area contributed by atoms with Gasteiger partial charge in [-0.25, -0.2) is 8.42 Å². The predicted molar refractivity (Wildman–Crippen MR) is 106 cm³/mol. The van der Waals surface area contributed by atoms with Crippen LogP contribution in [-0.2, 0) is 10.0 Å². The molecule has 1 saturated heterocycles. The molecule has 2 aromatic rings. The summed E-state index contributed by atoms with van der Waals surface area (Å²) in [5.74, 6) is -0.347. The lowest BCUT2D eigenvalue weighted by Crippen LogP contribution is -2.28. The second kappa shape index (κ2) is 7.50. The molecule has 0 unspecified atom stereocenters. The minimum Gasteiger partial charge on any atom is -0.322 e. The van der Waals surface area contributed by atoms with Crippen LogP contribution in [0.5, 0.6) is 0 Å². The first-order chi connectivity index (χ1) is 12.3. The minimum absolute atomic E-state index is 0.146. The van der Waals surface area contributed by atoms with E-state index in [1.807, 2.05) is 32.0 Å². The third kappa shape index (κ3) is 4.00. The maximum Gasteiger partial charge on any atom is 0.256 e. The summed E-state index contributed by atoms with van der Waals surface area (Å²) in [7, 11) is -3.57. The highest BCUT2D eigenvalue weighted by Crippen LogP contribution is 2.26. The summed E-state index contributed by atoms with van der Waals surface area (Å²) in [6.07, 6.45) is 1.74. The lowest BCUT2D eigenvalue weighted by Gasteiger charge is -2.16. The predicted octanol–water partition coefficient (Wildman–Crippen LogP) is 4.10. The van der Waals surface area contributed by atoms with Crippen molar-refractivity contribution in [3.05, 3.63) is 57.6 Å². The van der Waals surface area contributed by atoms with Gasteiger partial charge in [0.25, 0.3) is 5.91 Å². The van der Waals surface area contributed by atoms with E-state index in [0.717, 1.165) is 24.0 Å². The zero-order chi connectivity index (χ0) is 18.9. The number of hydrogen-bond donors (Lipinski definition) is 1. The molecule has 1 aliphatic rings. The van der Waals surface area contributed by atoms with Gasteiger partial charge in [0.2, 0.25) is 10.0 Å². The molecule has 0 aromatic heterocycles. The summed E-state index contributed by atoms with van der Waals surface area (Å²) in [6.45, 7) is 4.98. The number of anilines is 1. The van der Waals surface area contributed by atoms with E-state index in [1.165, 1.54) is 16.4 Å². The van der Waals surface area contributed by atoms with Crippen LogP contribution < -0.4 is 5.32 Å². The van der Waals surface area contributed by atoms with E-state index in [1.54, 1.807) is 6.07 Å². The maximum atomic E-state index is 12.7. The first-order valence-electron chi connectivity index (χ1n) is 8.47. The van der Waals surface area contributed by atoms with Gasteiger partial charge in [-0.05, 0) is 84.1 Å². The number of carbonyl (C=O) groups excluding carboxylic acids is 1. The van der Waals surface area contributed by atoms with Crippen molar-refractivity contribution in [3.8, 4) is 0 Å². The zero-order valence-electron chi connectivity index (χ0n) is 14.8. The molecule has 0 atom stereocenters. The zero-order valence-corrected chi connectivity index (χ0v) is 17.2. The highest BCUT2D eigenvalue weighted by Gasteiger charge is 2.28. The molecular weight excluding hydrogens is 416 g/mol. The van der Waals surface area contributed by atoms with Gasteiger partial charge in [0.05, 0.1) is 10.5 Å². The molecular formula is C19H21BrN2O3S. The molecule has 1 aliphatic heterocycles. The van der Waals surface area contributed by atoms with Crippen LogP contribution in [0.2, 0.25) is 0 Å². The summed E-state index contributed by atoms with van der Waals surface area (Å²) >= 11 is 3.35. The van der Waals surface area contributed by atoms with Crippen LogP contribution in [0.25, 0.3) is 0 Å². The van der Waals surface area contributed by atoms with Gasteiger partial charge in [-0.3, -0.25) is 4.79 Å². The third-order valence-corrected chi connectivity index (χ3v) is 6.95. The Labute approximate surface area is 162 Å². The Morgan fingerprint density at radius 2 is 1.65 bits per heavy atom. The summed E-state index contributed by atoms with van der Waals surface area (Å²) in [4.78, 5) is 12.9. The molecule has 26 heavy (non-hydrogen) atoms. The quantitative estimate of drug-likeness (QED) is 0.783. The molecule has 3 rings (SSSR count). The van der Waals surface area contributed by atoms with Gasteiger partial charge < -0.3 is 5.32 Å². The number of nitrogens with one attached hydrogen (secondary N) is 1. The second-order valence-electron chi connectivity index (χ2n) is 6.58. The topological polar surface area (TPSA) is 66.5 Å². The van der Waals surface area contributed by atoms with E-state index in [9.17, 15) is 13.2 Å². The van der Waals surface area contributed by atoms with Crippen molar-refractivity contribution in [2.45, 2.75) is 31.6 Å². The van der Waals surface area contributed by atoms with Crippen LogP contribution >= 0.6 is 15.9 Å². The van der Waals surface area contributed by atoms with Gasteiger partial charge in [-0.2, -0.15) is 4.31 Å². The van der Waals surface area contributed by atoms with Crippen molar-refractivity contribution in [3.63, 3.8) is 0 Å². The van der Waals surface area contributed by atoms with E-state index in [-0.39, 0.29) is 10.8 Å². The number of rotatable bonds is 4. The van der Waals surface area contributed by atoms with Crippen molar-refractivity contribution in [2.75, 3.05) is 18.4 Å². The fourth-order valence-corrected chi connectivity index (χ4v) is 5.13. The highest BCUT2D eigenvalue weighted by molar-refractivity contribution is 9.10. The summed E-state index contributed by atoms with van der Waals surface area (Å²) in [6, 6.07) is 10.4. The number of nitrogens with zero attached hydrogens (tertiary/aromatic N) is 1. The van der Waals surface area contributed by atoms with E-state index in [2.05, 4.69) is 21.2 Å². The average molecular weight is 437 g/mol. The second-order valence-corrected chi connectivity index (χ2v) is 9.38. The van der Waals surface area contributed by atoms with Crippen LogP contribution in [0.3, 0.4) is 0 Å². The first kappa shape index (κ1) is 19.1. The fourth-order valence-electron chi connectivity index (χ4n) is 3.16. The van der Waals surface area contributed by atoms with E-state index in [0.29, 0.717) is 28.8 Å². The van der Waals surface area contributed by atoms with E-state index < -0.39 is 10.0 Å². The Bertz CT molecular complexity index is 931. The molecule has 5 nitrogen and oxygen atoms in total. The molecule has 1 N–H and O–H groups in total. The molecule has 138 valence electrons. The largest absolute Gasteiger partial charge is 0.322 e. The minimum atomic E-state index is -3.57. The summed E-state index contributed by atoms with van der Waals surface area (Å²) < 4.78 is 27.5. The monoisotopic (exact) mass is 436 g/mol. The van der Waals surface area contributed by atoms with Gasteiger partial charge in [0.15, 0.2) is 0 Å². The van der Waals surface area contributed by atoms with Gasteiger partial charge in [0, 0.05) is 23.2 Å². The number of benzene rings is 2. The molecule has 7 heteroatoms. The van der Waals surface area contributed by atoms with Gasteiger partial charge in [-0.1, -0.05) is 6.07 Å². The SMILES string of the molecule is Cc1cc(C)cc(NC(=O)c2cc(S(=O)(=O)N3CCCC3)ccc2Br)c1. The van der Waals surface area contributed by atoms with Crippen molar-refractivity contribution in [1.82, 2.24) is 4.31 Å². The smallest absolute Gasteiger partial charge is 0.256 e. The molecule has 1 heterocycles. The van der Waals surface area contributed by atoms with Gasteiger partial charge in [0.1, 0.15) is 0 Å². The summed E-state index contributed by atoms with van der Waals surface area (Å²) in [5.41, 5.74) is 3.08. The molecule has 0 saturated carbocycles. The number of halogens is 1. The number of carbonyl (C=O) groups is 1. The third-order valence-electron chi connectivity index (χ3n) is 4.36. The normalized spacial score (nSPS) is 15.2. The maximum absolute atomic E-state index is 12.7. The standard InChI is InChI=1S/C19H21BrN2O3S/c1-13-9-14(2)11-15(10-13)21-19(23)17-12-16(5-6-18(17)20)26(24,25)22-7-3-4-8-22/h5-6,9-12H,3-4,7-8H2,1-2H3,(H,21,23). The van der Waals surface area contributed by atoms with Crippen molar-refractivity contribution < 1.29 is 13.2 Å². The van der Waals surface area contributed by atoms with Crippen molar-refractivity contribution >= 4 is 37.5 Å². The van der Waals surface area contributed by atoms with E-state index >= 15 is 0 Å². The Balaban J connectivity index is 1.91. The first-order valence-corrected chi connectivity index (χ1v) is 10.7. The lowest BCUT2D eigenvalue weighted by atomic mass is 10.1. The van der Waals surface area contributed by atoms with Crippen molar-refractivity contribution in [1.29, 1.82) is 0 Å². The van der Waals surface area contributed by atoms with Crippen LogP contribution in [0.15, 0.2) is 45.8 Å².